The van der Waals surface area contributed by atoms with Crippen LogP contribution < -0.4 is 11.1 Å². The number of hydrogen-bond acceptors (Lipinski definition) is 6. The molecule has 0 saturated heterocycles. The Morgan fingerprint density at radius 3 is 2.58 bits per heavy atom. The highest BCUT2D eigenvalue weighted by atomic mass is 32.2. The lowest BCUT2D eigenvalue weighted by Crippen LogP contribution is -2.60. The number of likely N-dealkylation sites (N-methyl/N-ethyl adjacent to an activating group) is 1. The number of nitrogens with two attached hydrogens (primary N) is 1. The van der Waals surface area contributed by atoms with Crippen LogP contribution in [0.1, 0.15) is 60.3 Å². The minimum atomic E-state index is -0.901. The molecule has 0 aliphatic heterocycles. The maximum Gasteiger partial charge on any atom is 0.284 e. The van der Waals surface area contributed by atoms with Gasteiger partial charge in [0.15, 0.2) is 0 Å². The maximum atomic E-state index is 13.6. The fourth-order valence-corrected chi connectivity index (χ4v) is 6.82. The largest absolute Gasteiger partial charge is 0.369 e. The summed E-state index contributed by atoms with van der Waals surface area (Å²) in [6, 6.07) is 6.55. The van der Waals surface area contributed by atoms with Gasteiger partial charge >= 0.3 is 0 Å². The van der Waals surface area contributed by atoms with Crippen LogP contribution in [0.5, 0.6) is 0 Å². The van der Waals surface area contributed by atoms with Crippen LogP contribution in [0.15, 0.2) is 29.2 Å². The number of nitro benzene ring substituents is 1. The molecule has 1 aromatic carbocycles. The molecule has 1 aromatic rings. The summed E-state index contributed by atoms with van der Waals surface area (Å²) < 4.78 is 1.88. The molecule has 0 spiro atoms. The van der Waals surface area contributed by atoms with Gasteiger partial charge < -0.3 is 11.1 Å². The molecule has 9 heteroatoms. The smallest absolute Gasteiger partial charge is 0.284 e. The number of nitrogens with one attached hydrogen (secondary N) is 1. The van der Waals surface area contributed by atoms with Gasteiger partial charge in [-0.25, -0.2) is 4.31 Å². The molecule has 2 saturated carbocycles. The lowest BCUT2D eigenvalue weighted by Gasteiger charge is -2.50. The average molecular weight is 477 g/mol. The second kappa shape index (κ2) is 9.62. The summed E-state index contributed by atoms with van der Waals surface area (Å²) in [7, 11) is 0. The molecule has 5 atom stereocenters. The molecule has 0 radical (unpaired) electrons. The number of amides is 2. The second-order valence-electron chi connectivity index (χ2n) is 10.5. The van der Waals surface area contributed by atoms with E-state index in [1.807, 2.05) is 32.0 Å². The van der Waals surface area contributed by atoms with Crippen molar-refractivity contribution >= 4 is 29.4 Å². The number of rotatable bonds is 8. The maximum absolute atomic E-state index is 13.6. The number of hydrogen-bond donors (Lipinski definition) is 2. The number of benzene rings is 1. The van der Waals surface area contributed by atoms with Crippen molar-refractivity contribution in [2.45, 2.75) is 76.8 Å². The first-order chi connectivity index (χ1) is 15.4. The van der Waals surface area contributed by atoms with Crippen LogP contribution in [-0.2, 0) is 9.59 Å². The van der Waals surface area contributed by atoms with Gasteiger partial charge in [-0.1, -0.05) is 32.9 Å². The van der Waals surface area contributed by atoms with Crippen LogP contribution in [0.25, 0.3) is 0 Å². The van der Waals surface area contributed by atoms with Crippen molar-refractivity contribution in [2.24, 2.45) is 28.9 Å². The number of nitro groups is 1. The molecule has 2 amide bonds. The minimum absolute atomic E-state index is 0.0250. The fraction of sp³-hybridized carbons (Fsp3) is 0.667. The van der Waals surface area contributed by atoms with E-state index in [9.17, 15) is 19.7 Å². The molecule has 3 rings (SSSR count). The quantitative estimate of drug-likeness (QED) is 0.331. The third-order valence-corrected chi connectivity index (χ3v) is 9.02. The van der Waals surface area contributed by atoms with Gasteiger partial charge in [-0.3, -0.25) is 19.7 Å². The number of carbonyl (C=O) groups is 2. The third-order valence-electron chi connectivity index (χ3n) is 7.54. The Bertz CT molecular complexity index is 921. The Labute approximate surface area is 200 Å². The summed E-state index contributed by atoms with van der Waals surface area (Å²) in [4.78, 5) is 37.2. The minimum Gasteiger partial charge on any atom is -0.369 e. The Hall–Kier alpha value is -2.13. The van der Waals surface area contributed by atoms with Crippen molar-refractivity contribution in [3.05, 3.63) is 34.4 Å². The van der Waals surface area contributed by atoms with Gasteiger partial charge in [-0.2, -0.15) is 0 Å². The third kappa shape index (κ3) is 5.19. The highest BCUT2D eigenvalue weighted by Gasteiger charge is 2.49. The molecule has 8 nitrogen and oxygen atoms in total. The summed E-state index contributed by atoms with van der Waals surface area (Å²) in [5.74, 6) is 0.609. The second-order valence-corrected chi connectivity index (χ2v) is 11.5. The van der Waals surface area contributed by atoms with E-state index in [0.717, 1.165) is 19.3 Å². The van der Waals surface area contributed by atoms with Crippen LogP contribution >= 0.6 is 11.9 Å². The SMILES string of the molecule is CCN(Sc1ccccc1[N+](=O)[O-])C(C)(C)C(=O)NC1C(C)CC2CC1CC(C)(C(N)=O)C2. The lowest BCUT2D eigenvalue weighted by molar-refractivity contribution is -0.387. The predicted octanol–water partition coefficient (Wildman–Crippen LogP) is 4.13. The summed E-state index contributed by atoms with van der Waals surface area (Å²) in [5.41, 5.74) is 4.34. The van der Waals surface area contributed by atoms with Gasteiger partial charge in [-0.05, 0) is 75.3 Å². The van der Waals surface area contributed by atoms with Crippen LogP contribution in [0, 0.1) is 33.3 Å². The van der Waals surface area contributed by atoms with Crippen molar-refractivity contribution in [1.29, 1.82) is 0 Å². The van der Waals surface area contributed by atoms with Gasteiger partial charge in [0, 0.05) is 24.1 Å². The number of para-hydroxylation sites is 1. The zero-order chi connectivity index (χ0) is 24.6. The van der Waals surface area contributed by atoms with Crippen molar-refractivity contribution in [2.75, 3.05) is 6.54 Å². The fourth-order valence-electron chi connectivity index (χ4n) is 5.76. The molecule has 2 bridgehead atoms. The van der Waals surface area contributed by atoms with Crippen LogP contribution in [0.3, 0.4) is 0 Å². The van der Waals surface area contributed by atoms with Gasteiger partial charge in [0.2, 0.25) is 11.8 Å². The highest BCUT2D eigenvalue weighted by molar-refractivity contribution is 7.97. The van der Waals surface area contributed by atoms with Crippen LogP contribution in [0.4, 0.5) is 5.69 Å². The number of nitrogens with zero attached hydrogens (tertiary/aromatic N) is 2. The normalized spacial score (nSPS) is 29.5. The Kier molecular flexibility index (Phi) is 7.43. The topological polar surface area (TPSA) is 119 Å². The van der Waals surface area contributed by atoms with Gasteiger partial charge in [0.1, 0.15) is 10.4 Å². The van der Waals surface area contributed by atoms with Crippen LogP contribution in [0.2, 0.25) is 0 Å². The molecule has 182 valence electrons. The van der Waals surface area contributed by atoms with Gasteiger partial charge in [0.05, 0.1) is 4.92 Å². The first-order valence-electron chi connectivity index (χ1n) is 11.7. The predicted molar refractivity (Wildman–Crippen MR) is 129 cm³/mol. The zero-order valence-corrected chi connectivity index (χ0v) is 21.0. The van der Waals surface area contributed by atoms with E-state index in [1.54, 1.807) is 18.2 Å². The molecule has 3 N–H and O–H groups in total. The molecule has 33 heavy (non-hydrogen) atoms. The first-order valence-corrected chi connectivity index (χ1v) is 12.5. The molecule has 2 aliphatic rings. The van der Waals surface area contributed by atoms with E-state index in [1.165, 1.54) is 18.0 Å². The highest BCUT2D eigenvalue weighted by Crippen LogP contribution is 2.50. The van der Waals surface area contributed by atoms with E-state index in [4.69, 9.17) is 5.73 Å². The number of primary amides is 1. The zero-order valence-electron chi connectivity index (χ0n) is 20.2. The van der Waals surface area contributed by atoms with Crippen molar-refractivity contribution in [1.82, 2.24) is 9.62 Å². The molecule has 2 fully saturated rings. The summed E-state index contributed by atoms with van der Waals surface area (Å²) in [6.07, 6.45) is 3.48. The van der Waals surface area contributed by atoms with Gasteiger partial charge in [-0.15, -0.1) is 0 Å². The Morgan fingerprint density at radius 2 is 1.97 bits per heavy atom. The average Bonchev–Trinajstić information content (AvgIpc) is 2.74. The van der Waals surface area contributed by atoms with Crippen molar-refractivity contribution < 1.29 is 14.5 Å². The van der Waals surface area contributed by atoms with E-state index in [2.05, 4.69) is 12.2 Å². The van der Waals surface area contributed by atoms with Crippen molar-refractivity contribution in [3.8, 4) is 0 Å². The summed E-state index contributed by atoms with van der Waals surface area (Å²) >= 11 is 1.23. The standard InChI is InChI=1S/C24H36N4O4S/c1-6-27(33-19-10-8-7-9-18(19)28(31)32)23(3,4)22(30)26-20-15(2)11-16-12-17(20)14-24(5,13-16)21(25)29/h7-10,15-17,20H,6,11-14H2,1-5H3,(H2,25,29)(H,26,30). The Morgan fingerprint density at radius 1 is 1.30 bits per heavy atom. The van der Waals surface area contributed by atoms with E-state index in [-0.39, 0.29) is 29.5 Å². The molecule has 0 heterocycles. The molecule has 0 aromatic heterocycles. The number of fused-ring (bicyclic) bond motifs is 2. The van der Waals surface area contributed by atoms with E-state index >= 15 is 0 Å². The first kappa shape index (κ1) is 25.5. The molecular formula is C24H36N4O4S. The van der Waals surface area contributed by atoms with Gasteiger partial charge in [0.25, 0.3) is 5.69 Å². The molecule has 2 aliphatic carbocycles. The summed E-state index contributed by atoms with van der Waals surface area (Å²) in [5, 5.41) is 14.7. The molecule has 5 unspecified atom stereocenters. The summed E-state index contributed by atoms with van der Waals surface area (Å²) in [6.45, 7) is 10.3. The number of carbonyl (C=O) groups excluding carboxylic acids is 2. The van der Waals surface area contributed by atoms with Crippen LogP contribution in [-0.4, -0.2) is 39.2 Å². The molecular weight excluding hydrogens is 440 g/mol. The Balaban J connectivity index is 1.77. The lowest BCUT2D eigenvalue weighted by atomic mass is 9.57. The monoisotopic (exact) mass is 476 g/mol. The van der Waals surface area contributed by atoms with Crippen molar-refractivity contribution in [3.63, 3.8) is 0 Å². The van der Waals surface area contributed by atoms with E-state index < -0.39 is 15.9 Å². The van der Waals surface area contributed by atoms with E-state index in [0.29, 0.717) is 29.7 Å².